The Labute approximate surface area is 101 Å². The summed E-state index contributed by atoms with van der Waals surface area (Å²) in [5.74, 6) is -1.19. The van der Waals surface area contributed by atoms with Crippen molar-refractivity contribution in [3.05, 3.63) is 29.3 Å². The van der Waals surface area contributed by atoms with Crippen LogP contribution < -0.4 is 4.74 Å². The molecule has 1 saturated carbocycles. The van der Waals surface area contributed by atoms with Crippen LogP contribution in [0.5, 0.6) is 5.75 Å². The smallest absolute Gasteiger partial charge is 0.422 e. The van der Waals surface area contributed by atoms with Crippen LogP contribution >= 0.6 is 0 Å². The van der Waals surface area contributed by atoms with Crippen molar-refractivity contribution in [2.75, 3.05) is 6.61 Å². The SMILES string of the molecule is O=C(O)c1ccc(C2CC2)cc1OCC(F)(F)F. The second-order valence-corrected chi connectivity index (χ2v) is 4.24. The summed E-state index contributed by atoms with van der Waals surface area (Å²) in [6.07, 6.45) is -2.53. The van der Waals surface area contributed by atoms with Crippen molar-refractivity contribution in [1.82, 2.24) is 0 Å². The van der Waals surface area contributed by atoms with E-state index in [-0.39, 0.29) is 11.3 Å². The van der Waals surface area contributed by atoms with Crippen LogP contribution in [-0.4, -0.2) is 23.9 Å². The number of carbonyl (C=O) groups is 1. The number of rotatable bonds is 4. The van der Waals surface area contributed by atoms with Gasteiger partial charge in [0.25, 0.3) is 0 Å². The van der Waals surface area contributed by atoms with Crippen molar-refractivity contribution in [3.8, 4) is 5.75 Å². The van der Waals surface area contributed by atoms with Gasteiger partial charge in [-0.2, -0.15) is 13.2 Å². The van der Waals surface area contributed by atoms with Crippen LogP contribution in [0, 0.1) is 0 Å². The van der Waals surface area contributed by atoms with Gasteiger partial charge in [0.15, 0.2) is 6.61 Å². The topological polar surface area (TPSA) is 46.5 Å². The van der Waals surface area contributed by atoms with E-state index in [0.29, 0.717) is 5.92 Å². The zero-order valence-corrected chi connectivity index (χ0v) is 9.33. The predicted molar refractivity (Wildman–Crippen MR) is 56.9 cm³/mol. The normalized spacial score (nSPS) is 15.5. The number of hydrogen-bond donors (Lipinski definition) is 1. The van der Waals surface area contributed by atoms with E-state index >= 15 is 0 Å². The van der Waals surface area contributed by atoms with Gasteiger partial charge < -0.3 is 9.84 Å². The molecule has 0 radical (unpaired) electrons. The number of ether oxygens (including phenoxy) is 1. The number of benzene rings is 1. The Bertz CT molecular complexity index is 464. The monoisotopic (exact) mass is 260 g/mol. The quantitative estimate of drug-likeness (QED) is 0.904. The number of alkyl halides is 3. The molecule has 0 spiro atoms. The Morgan fingerprint density at radius 3 is 2.56 bits per heavy atom. The highest BCUT2D eigenvalue weighted by atomic mass is 19.4. The van der Waals surface area contributed by atoms with Crippen molar-refractivity contribution >= 4 is 5.97 Å². The summed E-state index contributed by atoms with van der Waals surface area (Å²) in [7, 11) is 0. The molecule has 0 saturated heterocycles. The summed E-state index contributed by atoms with van der Waals surface area (Å²) in [4.78, 5) is 10.9. The lowest BCUT2D eigenvalue weighted by atomic mass is 10.1. The van der Waals surface area contributed by atoms with E-state index in [1.165, 1.54) is 12.1 Å². The van der Waals surface area contributed by atoms with Crippen LogP contribution in [0.3, 0.4) is 0 Å². The van der Waals surface area contributed by atoms with Gasteiger partial charge in [-0.15, -0.1) is 0 Å². The molecule has 0 aromatic heterocycles. The molecule has 0 aliphatic heterocycles. The first-order valence-corrected chi connectivity index (χ1v) is 5.43. The third-order valence-electron chi connectivity index (χ3n) is 2.68. The number of carboxylic acids is 1. The van der Waals surface area contributed by atoms with Gasteiger partial charge >= 0.3 is 12.1 Å². The first kappa shape index (κ1) is 12.7. The van der Waals surface area contributed by atoms with Gasteiger partial charge in [0, 0.05) is 0 Å². The summed E-state index contributed by atoms with van der Waals surface area (Å²) in [5.41, 5.74) is 0.584. The number of aromatic carboxylic acids is 1. The zero-order valence-electron chi connectivity index (χ0n) is 9.33. The highest BCUT2D eigenvalue weighted by Crippen LogP contribution is 2.41. The summed E-state index contributed by atoms with van der Waals surface area (Å²) in [6, 6.07) is 4.32. The van der Waals surface area contributed by atoms with Crippen molar-refractivity contribution in [2.45, 2.75) is 24.9 Å². The first-order chi connectivity index (χ1) is 8.37. The van der Waals surface area contributed by atoms with Crippen molar-refractivity contribution in [1.29, 1.82) is 0 Å². The maximum Gasteiger partial charge on any atom is 0.422 e. The minimum atomic E-state index is -4.48. The molecule has 1 fully saturated rings. The van der Waals surface area contributed by atoms with E-state index in [2.05, 4.69) is 4.74 Å². The minimum Gasteiger partial charge on any atom is -0.483 e. The van der Waals surface area contributed by atoms with Crippen LogP contribution in [-0.2, 0) is 0 Å². The number of carboxylic acid groups (broad SMARTS) is 1. The molecule has 1 aromatic rings. The summed E-state index contributed by atoms with van der Waals surface area (Å²) >= 11 is 0. The summed E-state index contributed by atoms with van der Waals surface area (Å²) in [6.45, 7) is -1.48. The average Bonchev–Trinajstić information content (AvgIpc) is 3.08. The molecule has 2 rings (SSSR count). The fourth-order valence-corrected chi connectivity index (χ4v) is 1.67. The Morgan fingerprint density at radius 1 is 1.39 bits per heavy atom. The van der Waals surface area contributed by atoms with Gasteiger partial charge in [-0.05, 0) is 36.5 Å². The Hall–Kier alpha value is -1.72. The van der Waals surface area contributed by atoms with Gasteiger partial charge in [0.2, 0.25) is 0 Å². The van der Waals surface area contributed by atoms with Crippen molar-refractivity contribution in [3.63, 3.8) is 0 Å². The second kappa shape index (κ2) is 4.51. The maximum atomic E-state index is 12.1. The lowest BCUT2D eigenvalue weighted by Gasteiger charge is -2.12. The van der Waals surface area contributed by atoms with E-state index in [4.69, 9.17) is 5.11 Å². The van der Waals surface area contributed by atoms with Crippen LogP contribution in [0.2, 0.25) is 0 Å². The summed E-state index contributed by atoms with van der Waals surface area (Å²) in [5, 5.41) is 8.88. The van der Waals surface area contributed by atoms with Gasteiger partial charge in [-0.1, -0.05) is 6.07 Å². The molecule has 1 aliphatic rings. The van der Waals surface area contributed by atoms with Gasteiger partial charge in [-0.25, -0.2) is 4.79 Å². The fraction of sp³-hybridized carbons (Fsp3) is 0.417. The Morgan fingerprint density at radius 2 is 2.06 bits per heavy atom. The van der Waals surface area contributed by atoms with Crippen LogP contribution in [0.4, 0.5) is 13.2 Å². The zero-order chi connectivity index (χ0) is 13.3. The standard InChI is InChI=1S/C12H11F3O3/c13-12(14,15)6-18-10-5-8(7-1-2-7)3-4-9(10)11(16)17/h3-5,7H,1-2,6H2,(H,16,17). The first-order valence-electron chi connectivity index (χ1n) is 5.43. The largest absolute Gasteiger partial charge is 0.483 e. The summed E-state index contributed by atoms with van der Waals surface area (Å²) < 4.78 is 40.8. The third-order valence-corrected chi connectivity index (χ3v) is 2.68. The lowest BCUT2D eigenvalue weighted by Crippen LogP contribution is -2.20. The van der Waals surface area contributed by atoms with Gasteiger partial charge in [-0.3, -0.25) is 0 Å². The molecule has 0 bridgehead atoms. The van der Waals surface area contributed by atoms with Crippen molar-refractivity contribution < 1.29 is 27.8 Å². The Kier molecular flexibility index (Phi) is 3.19. The Balaban J connectivity index is 2.22. The van der Waals surface area contributed by atoms with Crippen molar-refractivity contribution in [2.24, 2.45) is 0 Å². The molecule has 3 nitrogen and oxygen atoms in total. The van der Waals surface area contributed by atoms with Gasteiger partial charge in [0.05, 0.1) is 0 Å². The van der Waals surface area contributed by atoms with Crippen LogP contribution in [0.1, 0.15) is 34.7 Å². The molecular formula is C12H11F3O3. The molecule has 0 heterocycles. The van der Waals surface area contributed by atoms with E-state index in [9.17, 15) is 18.0 Å². The van der Waals surface area contributed by atoms with E-state index in [1.807, 2.05) is 0 Å². The molecule has 0 amide bonds. The highest BCUT2D eigenvalue weighted by Gasteiger charge is 2.30. The molecular weight excluding hydrogens is 249 g/mol. The van der Waals surface area contributed by atoms with Gasteiger partial charge in [0.1, 0.15) is 11.3 Å². The number of halogens is 3. The van der Waals surface area contributed by atoms with E-state index < -0.39 is 18.8 Å². The molecule has 98 valence electrons. The maximum absolute atomic E-state index is 12.1. The molecule has 1 aliphatic carbocycles. The molecule has 0 atom stereocenters. The molecule has 18 heavy (non-hydrogen) atoms. The third kappa shape index (κ3) is 3.15. The van der Waals surface area contributed by atoms with Crippen LogP contribution in [0.25, 0.3) is 0 Å². The lowest BCUT2D eigenvalue weighted by molar-refractivity contribution is -0.153. The van der Waals surface area contributed by atoms with Crippen LogP contribution in [0.15, 0.2) is 18.2 Å². The van der Waals surface area contributed by atoms with E-state index in [0.717, 1.165) is 18.4 Å². The average molecular weight is 260 g/mol. The molecule has 1 N–H and O–H groups in total. The van der Waals surface area contributed by atoms with E-state index in [1.54, 1.807) is 6.07 Å². The number of hydrogen-bond acceptors (Lipinski definition) is 2. The predicted octanol–water partition coefficient (Wildman–Crippen LogP) is 3.20. The molecule has 6 heteroatoms. The second-order valence-electron chi connectivity index (χ2n) is 4.24. The molecule has 1 aromatic carbocycles. The fourth-order valence-electron chi connectivity index (χ4n) is 1.67. The minimum absolute atomic E-state index is 0.218. The highest BCUT2D eigenvalue weighted by molar-refractivity contribution is 5.91. The molecule has 0 unspecified atom stereocenters.